The van der Waals surface area contributed by atoms with E-state index in [-0.39, 0.29) is 0 Å². The lowest BCUT2D eigenvalue weighted by molar-refractivity contribution is 1.50. The zero-order valence-corrected chi connectivity index (χ0v) is 10.4. The number of thioether (sulfide) groups is 2. The lowest BCUT2D eigenvalue weighted by atomic mass is 10.2. The number of hydrogen-bond donors (Lipinski definition) is 1. The van der Waals surface area contributed by atoms with E-state index >= 15 is 0 Å². The van der Waals surface area contributed by atoms with Crippen LogP contribution in [0.3, 0.4) is 0 Å². The van der Waals surface area contributed by atoms with Gasteiger partial charge >= 0.3 is 0 Å². The summed E-state index contributed by atoms with van der Waals surface area (Å²) < 4.78 is 0. The van der Waals surface area contributed by atoms with E-state index in [1.165, 1.54) is 11.8 Å². The first-order chi connectivity index (χ1) is 7.69. The number of nitrogens with one attached hydrogen (secondary N) is 1. The molecule has 0 radical (unpaired) electrons. The van der Waals surface area contributed by atoms with E-state index in [1.54, 1.807) is 11.8 Å². The van der Waals surface area contributed by atoms with Crippen LogP contribution in [0, 0.1) is 12.0 Å². The molecular formula is C10H8N4S2. The minimum Gasteiger partial charge on any atom is -0.289 e. The summed E-state index contributed by atoms with van der Waals surface area (Å²) in [6.07, 6.45) is 1.06. The first-order valence-corrected chi connectivity index (χ1v) is 6.12. The lowest BCUT2D eigenvalue weighted by Gasteiger charge is -1.96. The molecule has 0 aromatic heterocycles. The largest absolute Gasteiger partial charge is 0.289 e. The van der Waals surface area contributed by atoms with Gasteiger partial charge in [-0.15, -0.1) is 4.95 Å². The van der Waals surface area contributed by atoms with E-state index in [1.807, 2.05) is 13.8 Å². The van der Waals surface area contributed by atoms with Gasteiger partial charge in [-0.25, -0.2) is 4.99 Å². The molecule has 0 unspecified atom stereocenters. The van der Waals surface area contributed by atoms with Crippen molar-refractivity contribution in [3.63, 3.8) is 0 Å². The maximum Gasteiger partial charge on any atom is 0.188 e. The zero-order chi connectivity index (χ0) is 11.7. The number of aliphatic imine (C=N–C) groups is 1. The Balaban J connectivity index is 2.48. The molecule has 0 aliphatic carbocycles. The first-order valence-electron chi connectivity index (χ1n) is 4.48. The van der Waals surface area contributed by atoms with E-state index in [2.05, 4.69) is 15.0 Å². The van der Waals surface area contributed by atoms with E-state index in [9.17, 15) is 0 Å². The quantitative estimate of drug-likeness (QED) is 0.335. The third-order valence-corrected chi connectivity index (χ3v) is 4.99. The van der Waals surface area contributed by atoms with Crippen molar-refractivity contribution in [2.75, 3.05) is 0 Å². The Labute approximate surface area is 102 Å². The highest BCUT2D eigenvalue weighted by Gasteiger charge is 2.34. The van der Waals surface area contributed by atoms with Crippen molar-refractivity contribution in [1.29, 1.82) is 5.41 Å². The smallest absolute Gasteiger partial charge is 0.188 e. The van der Waals surface area contributed by atoms with Gasteiger partial charge in [0.05, 0.1) is 5.10 Å². The van der Waals surface area contributed by atoms with Gasteiger partial charge in [0.15, 0.2) is 5.04 Å². The molecule has 0 atom stereocenters. The second-order valence-electron chi connectivity index (χ2n) is 3.18. The number of hydrogen-bond acceptors (Lipinski definition) is 4. The van der Waals surface area contributed by atoms with Crippen molar-refractivity contribution in [2.45, 2.75) is 13.8 Å². The predicted octanol–water partition coefficient (Wildman–Crippen LogP) is 3.27. The summed E-state index contributed by atoms with van der Waals surface area (Å²) in [5.74, 6) is 0. The Morgan fingerprint density at radius 1 is 1.19 bits per heavy atom. The SMILES string of the molecule is [C-]#[N+]/N=C1\SC2=C(C)C(=NC=N)SC2=C1C. The molecule has 6 heteroatoms. The summed E-state index contributed by atoms with van der Waals surface area (Å²) in [6.45, 7) is 10.7. The Kier molecular flexibility index (Phi) is 2.99. The molecule has 1 N–H and O–H groups in total. The van der Waals surface area contributed by atoms with Gasteiger partial charge in [0.1, 0.15) is 11.4 Å². The Morgan fingerprint density at radius 2 is 1.75 bits per heavy atom. The van der Waals surface area contributed by atoms with Crippen LogP contribution in [0.15, 0.2) is 31.1 Å². The van der Waals surface area contributed by atoms with E-state index in [0.717, 1.165) is 37.4 Å². The van der Waals surface area contributed by atoms with Gasteiger partial charge < -0.3 is 0 Å². The molecule has 80 valence electrons. The third kappa shape index (κ3) is 1.62. The molecule has 0 bridgehead atoms. The summed E-state index contributed by atoms with van der Waals surface area (Å²) >= 11 is 3.07. The Hall–Kier alpha value is -1.32. The maximum atomic E-state index is 6.99. The van der Waals surface area contributed by atoms with Crippen molar-refractivity contribution >= 4 is 39.9 Å². The molecule has 0 amide bonds. The van der Waals surface area contributed by atoms with Crippen molar-refractivity contribution in [1.82, 2.24) is 0 Å². The van der Waals surface area contributed by atoms with Gasteiger partial charge in [-0.2, -0.15) is 6.57 Å². The second-order valence-corrected chi connectivity index (χ2v) is 5.18. The number of fused-ring (bicyclic) bond motifs is 1. The van der Waals surface area contributed by atoms with Gasteiger partial charge in [0.25, 0.3) is 0 Å². The highest BCUT2D eigenvalue weighted by atomic mass is 32.2. The van der Waals surface area contributed by atoms with Crippen LogP contribution >= 0.6 is 23.5 Å². The van der Waals surface area contributed by atoms with E-state index < -0.39 is 0 Å². The van der Waals surface area contributed by atoms with E-state index in [0.29, 0.717) is 0 Å². The topological polar surface area (TPSA) is 52.9 Å². The van der Waals surface area contributed by atoms with Crippen LogP contribution in [-0.2, 0) is 0 Å². The van der Waals surface area contributed by atoms with Crippen LogP contribution < -0.4 is 0 Å². The minimum atomic E-state index is 0.778. The molecule has 0 saturated heterocycles. The van der Waals surface area contributed by atoms with Crippen molar-refractivity contribution in [3.8, 4) is 0 Å². The molecule has 0 spiro atoms. The summed E-state index contributed by atoms with van der Waals surface area (Å²) in [4.78, 5) is 9.33. The lowest BCUT2D eigenvalue weighted by Crippen LogP contribution is -1.92. The van der Waals surface area contributed by atoms with Gasteiger partial charge in [0.2, 0.25) is 0 Å². The average molecular weight is 248 g/mol. The fraction of sp³-hybridized carbons (Fsp3) is 0.200. The molecule has 2 heterocycles. The van der Waals surface area contributed by atoms with Crippen molar-refractivity contribution in [2.24, 2.45) is 10.1 Å². The zero-order valence-electron chi connectivity index (χ0n) is 8.74. The van der Waals surface area contributed by atoms with Gasteiger partial charge in [-0.05, 0) is 19.4 Å². The second kappa shape index (κ2) is 4.28. The van der Waals surface area contributed by atoms with Crippen LogP contribution in [0.2, 0.25) is 0 Å². The molecule has 0 aromatic carbocycles. The van der Waals surface area contributed by atoms with Crippen LogP contribution in [0.25, 0.3) is 4.95 Å². The predicted molar refractivity (Wildman–Crippen MR) is 70.8 cm³/mol. The number of rotatable bonds is 1. The summed E-state index contributed by atoms with van der Waals surface area (Å²) in [7, 11) is 0. The minimum absolute atomic E-state index is 0.778. The van der Waals surface area contributed by atoms with Crippen LogP contribution in [0.4, 0.5) is 0 Å². The highest BCUT2D eigenvalue weighted by molar-refractivity contribution is 8.24. The third-order valence-electron chi connectivity index (χ3n) is 2.25. The van der Waals surface area contributed by atoms with Crippen molar-refractivity contribution in [3.05, 3.63) is 32.5 Å². The van der Waals surface area contributed by atoms with Crippen LogP contribution in [-0.4, -0.2) is 16.4 Å². The first kappa shape index (κ1) is 11.2. The van der Waals surface area contributed by atoms with Crippen LogP contribution in [0.1, 0.15) is 13.8 Å². The molecule has 2 aliphatic heterocycles. The Morgan fingerprint density at radius 3 is 2.31 bits per heavy atom. The highest BCUT2D eigenvalue weighted by Crippen LogP contribution is 2.52. The molecule has 0 aromatic rings. The number of nitrogens with zero attached hydrogens (tertiary/aromatic N) is 3. The normalized spacial score (nSPS) is 24.3. The van der Waals surface area contributed by atoms with Gasteiger partial charge in [-0.3, -0.25) is 5.41 Å². The molecular weight excluding hydrogens is 240 g/mol. The maximum absolute atomic E-state index is 6.99. The molecule has 4 nitrogen and oxygen atoms in total. The molecule has 0 saturated carbocycles. The molecule has 2 aliphatic rings. The average Bonchev–Trinajstić information content (AvgIpc) is 2.71. The molecule has 2 rings (SSSR count). The fourth-order valence-corrected chi connectivity index (χ4v) is 3.90. The molecule has 0 fully saturated rings. The fourth-order valence-electron chi connectivity index (χ4n) is 1.45. The van der Waals surface area contributed by atoms with Gasteiger partial charge in [0, 0.05) is 15.4 Å². The van der Waals surface area contributed by atoms with Crippen LogP contribution in [0.5, 0.6) is 0 Å². The standard InChI is InChI=1S/C10H8N4S2/c1-5-7-8(15-9(5)13-4-11)6(2)10(16-7)14-12-3/h4,11H,1-2H3/b11-4?,13-9?,14-10-. The molecule has 16 heavy (non-hydrogen) atoms. The monoisotopic (exact) mass is 248 g/mol. The summed E-state index contributed by atoms with van der Waals surface area (Å²) in [5, 5.41) is 12.4. The van der Waals surface area contributed by atoms with Crippen molar-refractivity contribution < 1.29 is 0 Å². The van der Waals surface area contributed by atoms with E-state index in [4.69, 9.17) is 12.0 Å². The van der Waals surface area contributed by atoms with Gasteiger partial charge in [-0.1, -0.05) is 23.5 Å². The Bertz CT molecular complexity index is 532. The summed E-state index contributed by atoms with van der Waals surface area (Å²) in [6, 6.07) is 0. The summed E-state index contributed by atoms with van der Waals surface area (Å²) in [5.41, 5.74) is 2.11.